The van der Waals surface area contributed by atoms with E-state index in [9.17, 15) is 27.6 Å². The lowest BCUT2D eigenvalue weighted by Gasteiger charge is -2.17. The number of urea groups is 1. The molecule has 0 aromatic heterocycles. The second-order valence-electron chi connectivity index (χ2n) is 5.81. The van der Waals surface area contributed by atoms with Crippen LogP contribution < -0.4 is 10.2 Å². The van der Waals surface area contributed by atoms with E-state index in [1.54, 1.807) is 30.3 Å². The highest BCUT2D eigenvalue weighted by atomic mass is 19.4. The first kappa shape index (κ1) is 18.4. The second kappa shape index (κ2) is 7.10. The van der Waals surface area contributed by atoms with Gasteiger partial charge in [0.25, 0.3) is 5.91 Å². The molecular formula is C18H14F3N3O3. The minimum absolute atomic E-state index is 0.131. The van der Waals surface area contributed by atoms with Crippen molar-refractivity contribution < 1.29 is 27.6 Å². The minimum atomic E-state index is -4.47. The molecule has 27 heavy (non-hydrogen) atoms. The van der Waals surface area contributed by atoms with Gasteiger partial charge in [-0.05, 0) is 36.4 Å². The van der Waals surface area contributed by atoms with Gasteiger partial charge in [0, 0.05) is 11.4 Å². The van der Waals surface area contributed by atoms with Crippen LogP contribution in [-0.2, 0) is 15.8 Å². The van der Waals surface area contributed by atoms with E-state index in [2.05, 4.69) is 5.32 Å². The summed E-state index contributed by atoms with van der Waals surface area (Å²) in [6.45, 7) is -0.710. The van der Waals surface area contributed by atoms with Crippen LogP contribution in [0.15, 0.2) is 54.6 Å². The zero-order valence-electron chi connectivity index (χ0n) is 13.9. The highest BCUT2D eigenvalue weighted by Gasteiger charge is 2.38. The monoisotopic (exact) mass is 377 g/mol. The van der Waals surface area contributed by atoms with E-state index in [-0.39, 0.29) is 12.2 Å². The Balaban J connectivity index is 1.64. The summed E-state index contributed by atoms with van der Waals surface area (Å²) in [5, 5.41) is 2.37. The fourth-order valence-corrected chi connectivity index (χ4v) is 2.59. The molecule has 9 heteroatoms. The number of para-hydroxylation sites is 1. The van der Waals surface area contributed by atoms with Crippen LogP contribution >= 0.6 is 0 Å². The molecule has 1 aliphatic rings. The number of imide groups is 1. The molecule has 0 atom stereocenters. The van der Waals surface area contributed by atoms with Crippen LogP contribution in [0.2, 0.25) is 0 Å². The van der Waals surface area contributed by atoms with Crippen molar-refractivity contribution in [3.05, 3.63) is 60.2 Å². The van der Waals surface area contributed by atoms with E-state index in [0.29, 0.717) is 5.69 Å². The molecule has 0 aliphatic carbocycles. The summed E-state index contributed by atoms with van der Waals surface area (Å²) < 4.78 is 37.6. The van der Waals surface area contributed by atoms with Crippen LogP contribution in [0.1, 0.15) is 5.56 Å². The number of hydrogen-bond acceptors (Lipinski definition) is 3. The van der Waals surface area contributed by atoms with E-state index in [4.69, 9.17) is 0 Å². The van der Waals surface area contributed by atoms with Gasteiger partial charge in [0.1, 0.15) is 13.1 Å². The van der Waals surface area contributed by atoms with Gasteiger partial charge in [0.05, 0.1) is 5.56 Å². The van der Waals surface area contributed by atoms with Crippen LogP contribution in [0.3, 0.4) is 0 Å². The summed E-state index contributed by atoms with van der Waals surface area (Å²) in [5.41, 5.74) is -0.183. The van der Waals surface area contributed by atoms with Crippen molar-refractivity contribution in [3.63, 3.8) is 0 Å². The molecule has 3 rings (SSSR count). The summed E-state index contributed by atoms with van der Waals surface area (Å²) in [6, 6.07) is 11.8. The number of carbonyl (C=O) groups is 3. The van der Waals surface area contributed by atoms with Gasteiger partial charge in [-0.15, -0.1) is 0 Å². The van der Waals surface area contributed by atoms with Gasteiger partial charge in [-0.2, -0.15) is 13.2 Å². The highest BCUT2D eigenvalue weighted by molar-refractivity contribution is 6.14. The van der Waals surface area contributed by atoms with Crippen LogP contribution in [0, 0.1) is 0 Å². The van der Waals surface area contributed by atoms with Gasteiger partial charge in [0.2, 0.25) is 5.91 Å². The highest BCUT2D eigenvalue weighted by Crippen LogP contribution is 2.29. The van der Waals surface area contributed by atoms with Crippen LogP contribution in [-0.4, -0.2) is 35.8 Å². The summed E-state index contributed by atoms with van der Waals surface area (Å²) >= 11 is 0. The average molecular weight is 377 g/mol. The lowest BCUT2D eigenvalue weighted by molar-refractivity contribution is -0.137. The second-order valence-corrected chi connectivity index (χ2v) is 5.81. The molecule has 0 unspecified atom stereocenters. The summed E-state index contributed by atoms with van der Waals surface area (Å²) in [5.74, 6) is -1.22. The molecule has 0 bridgehead atoms. The van der Waals surface area contributed by atoms with Crippen molar-refractivity contribution in [2.45, 2.75) is 6.18 Å². The Kier molecular flexibility index (Phi) is 4.85. The van der Waals surface area contributed by atoms with Gasteiger partial charge in [-0.1, -0.05) is 18.2 Å². The number of amides is 4. The first-order valence-electron chi connectivity index (χ1n) is 7.90. The van der Waals surface area contributed by atoms with E-state index >= 15 is 0 Å². The van der Waals surface area contributed by atoms with Gasteiger partial charge < -0.3 is 5.32 Å². The summed E-state index contributed by atoms with van der Waals surface area (Å²) in [6.07, 6.45) is -4.47. The third-order valence-corrected chi connectivity index (χ3v) is 3.92. The van der Waals surface area contributed by atoms with Crippen LogP contribution in [0.5, 0.6) is 0 Å². The molecule has 2 aromatic carbocycles. The Morgan fingerprint density at radius 1 is 1.00 bits per heavy atom. The van der Waals surface area contributed by atoms with Crippen molar-refractivity contribution in [1.82, 2.24) is 4.90 Å². The first-order valence-corrected chi connectivity index (χ1v) is 7.90. The third-order valence-electron chi connectivity index (χ3n) is 3.92. The Hall–Kier alpha value is -3.36. The molecule has 1 fully saturated rings. The number of halogens is 3. The molecule has 2 aromatic rings. The Morgan fingerprint density at radius 2 is 1.63 bits per heavy atom. The maximum atomic E-state index is 12.5. The molecule has 0 radical (unpaired) electrons. The minimum Gasteiger partial charge on any atom is -0.325 e. The number of anilines is 2. The van der Waals surface area contributed by atoms with E-state index in [0.717, 1.165) is 29.2 Å². The zero-order valence-corrected chi connectivity index (χ0v) is 13.9. The summed E-state index contributed by atoms with van der Waals surface area (Å²) in [4.78, 5) is 38.6. The van der Waals surface area contributed by atoms with Gasteiger partial charge in [0.15, 0.2) is 0 Å². The molecule has 140 valence electrons. The van der Waals surface area contributed by atoms with Crippen LogP contribution in [0.4, 0.5) is 29.3 Å². The van der Waals surface area contributed by atoms with E-state index < -0.39 is 36.1 Å². The predicted octanol–water partition coefficient (Wildman–Crippen LogP) is 3.11. The van der Waals surface area contributed by atoms with Gasteiger partial charge in [-0.3, -0.25) is 19.4 Å². The average Bonchev–Trinajstić information content (AvgIpc) is 2.90. The number of rotatable bonds is 4. The largest absolute Gasteiger partial charge is 0.416 e. The van der Waals surface area contributed by atoms with Crippen LogP contribution in [0.25, 0.3) is 0 Å². The lowest BCUT2D eigenvalue weighted by atomic mass is 10.2. The normalized spacial score (nSPS) is 14.6. The predicted molar refractivity (Wildman–Crippen MR) is 91.0 cm³/mol. The lowest BCUT2D eigenvalue weighted by Crippen LogP contribution is -2.39. The topological polar surface area (TPSA) is 69.7 Å². The maximum Gasteiger partial charge on any atom is 0.416 e. The number of hydrogen-bond donors (Lipinski definition) is 1. The number of nitrogens with one attached hydrogen (secondary N) is 1. The number of carbonyl (C=O) groups excluding carboxylic acids is 3. The molecule has 4 amide bonds. The molecule has 1 saturated heterocycles. The molecule has 1 aliphatic heterocycles. The maximum absolute atomic E-state index is 12.5. The summed E-state index contributed by atoms with van der Waals surface area (Å²) in [7, 11) is 0. The van der Waals surface area contributed by atoms with Crippen molar-refractivity contribution in [3.8, 4) is 0 Å². The Morgan fingerprint density at radius 3 is 2.22 bits per heavy atom. The van der Waals surface area contributed by atoms with Crippen molar-refractivity contribution in [2.75, 3.05) is 23.3 Å². The first-order chi connectivity index (χ1) is 12.8. The smallest absolute Gasteiger partial charge is 0.325 e. The van der Waals surface area contributed by atoms with Crippen molar-refractivity contribution in [1.29, 1.82) is 0 Å². The fourth-order valence-electron chi connectivity index (χ4n) is 2.59. The van der Waals surface area contributed by atoms with Crippen molar-refractivity contribution >= 4 is 29.2 Å². The Labute approximate surface area is 152 Å². The number of alkyl halides is 3. The molecular weight excluding hydrogens is 363 g/mol. The molecule has 1 heterocycles. The molecule has 1 N–H and O–H groups in total. The quantitative estimate of drug-likeness (QED) is 0.833. The molecule has 0 spiro atoms. The molecule has 6 nitrogen and oxygen atoms in total. The SMILES string of the molecule is O=C(CN1C(=O)CN(c2ccccc2)C1=O)Nc1ccc(C(F)(F)F)cc1. The zero-order chi connectivity index (χ0) is 19.6. The van der Waals surface area contributed by atoms with Gasteiger partial charge in [-0.25, -0.2) is 4.79 Å². The van der Waals surface area contributed by atoms with E-state index in [1.165, 1.54) is 4.90 Å². The number of nitrogens with zero attached hydrogens (tertiary/aromatic N) is 2. The number of benzene rings is 2. The third kappa shape index (κ3) is 4.08. The van der Waals surface area contributed by atoms with Gasteiger partial charge >= 0.3 is 12.2 Å². The standard InChI is InChI=1S/C18H14F3N3O3/c19-18(20,21)12-6-8-13(9-7-12)22-15(25)10-24-16(26)11-23(17(24)27)14-4-2-1-3-5-14/h1-9H,10-11H2,(H,22,25). The fraction of sp³-hybridized carbons (Fsp3) is 0.167. The van der Waals surface area contributed by atoms with E-state index in [1.807, 2.05) is 0 Å². The molecule has 0 saturated carbocycles. The Bertz CT molecular complexity index is 867. The van der Waals surface area contributed by atoms with Crippen molar-refractivity contribution in [2.24, 2.45) is 0 Å².